The van der Waals surface area contributed by atoms with Crippen LogP contribution >= 0.6 is 0 Å². The molecule has 0 spiro atoms. The van der Waals surface area contributed by atoms with Crippen molar-refractivity contribution in [1.29, 1.82) is 0 Å². The van der Waals surface area contributed by atoms with E-state index in [4.69, 9.17) is 4.74 Å². The Bertz CT molecular complexity index is 285. The first-order chi connectivity index (χ1) is 6.05. The van der Waals surface area contributed by atoms with E-state index in [0.717, 1.165) is 0 Å². The van der Waals surface area contributed by atoms with Gasteiger partial charge in [-0.1, -0.05) is 0 Å². The molecule has 5 nitrogen and oxygen atoms in total. The molecule has 1 aliphatic rings. The van der Waals surface area contributed by atoms with Gasteiger partial charge < -0.3 is 4.74 Å². The van der Waals surface area contributed by atoms with Crippen LogP contribution in [0.5, 0.6) is 0 Å². The van der Waals surface area contributed by atoms with Gasteiger partial charge in [0.1, 0.15) is 6.04 Å². The first-order valence-electron chi connectivity index (χ1n) is 4.22. The summed E-state index contributed by atoms with van der Waals surface area (Å²) in [6, 6.07) is -0.682. The number of hydrogen-bond acceptors (Lipinski definition) is 4. The lowest BCUT2D eigenvalue weighted by molar-refractivity contribution is -0.145. The molecular formula is C7H13NO4S. The molecule has 6 heteroatoms. The lowest BCUT2D eigenvalue weighted by atomic mass is 10.2. The van der Waals surface area contributed by atoms with Crippen LogP contribution < -0.4 is 4.72 Å². The number of nitrogens with one attached hydrogen (secondary N) is 1. The van der Waals surface area contributed by atoms with Gasteiger partial charge in [-0.2, -0.15) is 0 Å². The molecule has 0 aliphatic carbocycles. The van der Waals surface area contributed by atoms with Crippen molar-refractivity contribution in [3.05, 3.63) is 0 Å². The molecule has 0 saturated carbocycles. The summed E-state index contributed by atoms with van der Waals surface area (Å²) in [6.07, 6.45) is 1.04. The first kappa shape index (κ1) is 10.5. The summed E-state index contributed by atoms with van der Waals surface area (Å²) in [6.45, 7) is 1.96. The van der Waals surface area contributed by atoms with Crippen LogP contribution in [0.2, 0.25) is 0 Å². The van der Waals surface area contributed by atoms with Crippen molar-refractivity contribution in [2.75, 3.05) is 12.4 Å². The fraction of sp³-hybridized carbons (Fsp3) is 0.857. The van der Waals surface area contributed by atoms with Gasteiger partial charge in [0.25, 0.3) is 0 Å². The third kappa shape index (κ3) is 2.96. The Morgan fingerprint density at radius 2 is 2.31 bits per heavy atom. The second-order valence-electron chi connectivity index (χ2n) is 2.88. The van der Waals surface area contributed by atoms with Crippen molar-refractivity contribution in [1.82, 2.24) is 4.72 Å². The van der Waals surface area contributed by atoms with Crippen molar-refractivity contribution in [2.45, 2.75) is 25.8 Å². The Morgan fingerprint density at radius 1 is 1.62 bits per heavy atom. The molecule has 76 valence electrons. The van der Waals surface area contributed by atoms with Crippen LogP contribution in [0, 0.1) is 0 Å². The number of carbonyl (C=O) groups is 1. The Morgan fingerprint density at radius 3 is 2.85 bits per heavy atom. The van der Waals surface area contributed by atoms with Gasteiger partial charge in [0.2, 0.25) is 10.0 Å². The molecule has 1 unspecified atom stereocenters. The first-order valence-corrected chi connectivity index (χ1v) is 5.87. The molecule has 1 fully saturated rings. The molecular weight excluding hydrogens is 194 g/mol. The fourth-order valence-corrected chi connectivity index (χ4v) is 2.53. The molecule has 1 N–H and O–H groups in total. The minimum absolute atomic E-state index is 0.100. The summed E-state index contributed by atoms with van der Waals surface area (Å²) >= 11 is 0. The number of sulfonamides is 1. The highest BCUT2D eigenvalue weighted by atomic mass is 32.2. The van der Waals surface area contributed by atoms with Crippen LogP contribution in [0.3, 0.4) is 0 Å². The molecule has 0 aromatic heterocycles. The van der Waals surface area contributed by atoms with Crippen molar-refractivity contribution in [3.8, 4) is 0 Å². The topological polar surface area (TPSA) is 72.5 Å². The largest absolute Gasteiger partial charge is 0.465 e. The predicted octanol–water partition coefficient (Wildman–Crippen LogP) is -0.369. The predicted molar refractivity (Wildman–Crippen MR) is 46.6 cm³/mol. The van der Waals surface area contributed by atoms with Crippen LogP contribution in [0.25, 0.3) is 0 Å². The number of carbonyl (C=O) groups excluding carboxylic acids is 1. The van der Waals surface area contributed by atoms with Crippen LogP contribution in [-0.2, 0) is 19.6 Å². The van der Waals surface area contributed by atoms with Crippen LogP contribution in [-0.4, -0.2) is 32.8 Å². The number of ether oxygens (including phenoxy) is 1. The van der Waals surface area contributed by atoms with Gasteiger partial charge in [0.15, 0.2) is 0 Å². The van der Waals surface area contributed by atoms with Gasteiger partial charge in [0.05, 0.1) is 12.4 Å². The van der Waals surface area contributed by atoms with Crippen LogP contribution in [0.15, 0.2) is 0 Å². The molecule has 0 aromatic rings. The van der Waals surface area contributed by atoms with Crippen molar-refractivity contribution < 1.29 is 17.9 Å². The van der Waals surface area contributed by atoms with Gasteiger partial charge in [-0.05, 0) is 19.8 Å². The van der Waals surface area contributed by atoms with E-state index in [1.807, 2.05) is 0 Å². The Balaban J connectivity index is 2.57. The van der Waals surface area contributed by atoms with E-state index >= 15 is 0 Å². The minimum Gasteiger partial charge on any atom is -0.465 e. The highest BCUT2D eigenvalue weighted by Crippen LogP contribution is 2.09. The van der Waals surface area contributed by atoms with E-state index in [2.05, 4.69) is 4.72 Å². The van der Waals surface area contributed by atoms with Crippen LogP contribution in [0.1, 0.15) is 19.8 Å². The average molecular weight is 207 g/mol. The molecule has 0 radical (unpaired) electrons. The maximum absolute atomic E-state index is 11.1. The Kier molecular flexibility index (Phi) is 3.27. The molecule has 1 heterocycles. The van der Waals surface area contributed by atoms with E-state index < -0.39 is 22.0 Å². The van der Waals surface area contributed by atoms with E-state index in [-0.39, 0.29) is 12.4 Å². The minimum atomic E-state index is -3.25. The zero-order valence-corrected chi connectivity index (χ0v) is 8.26. The van der Waals surface area contributed by atoms with Gasteiger partial charge in [-0.3, -0.25) is 4.79 Å². The summed E-state index contributed by atoms with van der Waals surface area (Å²) in [5, 5.41) is 0. The van der Waals surface area contributed by atoms with Gasteiger partial charge in [-0.15, -0.1) is 0 Å². The average Bonchev–Trinajstić information content (AvgIpc) is 2.03. The Hall–Kier alpha value is -0.620. The summed E-state index contributed by atoms with van der Waals surface area (Å²) < 4.78 is 29.1. The van der Waals surface area contributed by atoms with E-state index in [9.17, 15) is 13.2 Å². The molecule has 0 aromatic carbocycles. The monoisotopic (exact) mass is 207 g/mol. The lowest BCUT2D eigenvalue weighted by Gasteiger charge is -2.21. The Labute approximate surface area is 77.5 Å². The van der Waals surface area contributed by atoms with E-state index in [1.54, 1.807) is 6.92 Å². The number of esters is 1. The third-order valence-corrected chi connectivity index (χ3v) is 3.27. The van der Waals surface area contributed by atoms with Crippen molar-refractivity contribution in [2.24, 2.45) is 0 Å². The molecule has 1 aliphatic heterocycles. The second-order valence-corrected chi connectivity index (χ2v) is 4.76. The van der Waals surface area contributed by atoms with E-state index in [1.165, 1.54) is 0 Å². The fourth-order valence-electron chi connectivity index (χ4n) is 1.22. The highest BCUT2D eigenvalue weighted by molar-refractivity contribution is 7.89. The SMILES string of the molecule is CCOC(=O)C1CCCS(=O)(=O)N1. The summed E-state index contributed by atoms with van der Waals surface area (Å²) in [4.78, 5) is 11.1. The highest BCUT2D eigenvalue weighted by Gasteiger charge is 2.29. The standard InChI is InChI=1S/C7H13NO4S/c1-2-12-7(9)6-4-3-5-13(10,11)8-6/h6,8H,2-5H2,1H3. The maximum Gasteiger partial charge on any atom is 0.324 e. The molecule has 1 atom stereocenters. The van der Waals surface area contributed by atoms with Crippen molar-refractivity contribution >= 4 is 16.0 Å². The molecule has 0 bridgehead atoms. The second kappa shape index (κ2) is 4.06. The summed E-state index contributed by atoms with van der Waals surface area (Å²) in [5.74, 6) is -0.381. The van der Waals surface area contributed by atoms with Crippen molar-refractivity contribution in [3.63, 3.8) is 0 Å². The molecule has 0 amide bonds. The number of rotatable bonds is 2. The summed E-state index contributed by atoms with van der Waals surface area (Å²) in [5.41, 5.74) is 0. The van der Waals surface area contributed by atoms with Gasteiger partial charge in [0, 0.05) is 0 Å². The quantitative estimate of drug-likeness (QED) is 0.627. The summed E-state index contributed by atoms with van der Waals surface area (Å²) in [7, 11) is -3.25. The molecule has 1 rings (SSSR count). The number of hydrogen-bond donors (Lipinski definition) is 1. The maximum atomic E-state index is 11.1. The van der Waals surface area contributed by atoms with Gasteiger partial charge in [-0.25, -0.2) is 13.1 Å². The van der Waals surface area contributed by atoms with Gasteiger partial charge >= 0.3 is 5.97 Å². The third-order valence-electron chi connectivity index (χ3n) is 1.80. The lowest BCUT2D eigenvalue weighted by Crippen LogP contribution is -2.46. The zero-order valence-electron chi connectivity index (χ0n) is 7.45. The van der Waals surface area contributed by atoms with Crippen LogP contribution in [0.4, 0.5) is 0 Å². The molecule has 1 saturated heterocycles. The smallest absolute Gasteiger partial charge is 0.324 e. The molecule has 13 heavy (non-hydrogen) atoms. The van der Waals surface area contributed by atoms with E-state index in [0.29, 0.717) is 12.8 Å². The zero-order chi connectivity index (χ0) is 9.90. The normalized spacial score (nSPS) is 26.7.